The largest absolute Gasteiger partial charge is 0.324 e. The van der Waals surface area contributed by atoms with Crippen LogP contribution in [0, 0.1) is 17.0 Å². The maximum atomic E-state index is 11.9. The van der Waals surface area contributed by atoms with E-state index in [1.807, 2.05) is 6.92 Å². The summed E-state index contributed by atoms with van der Waals surface area (Å²) < 4.78 is 0. The summed E-state index contributed by atoms with van der Waals surface area (Å²) >= 11 is 6.94. The number of carbonyl (C=O) groups is 1. The number of hydrogen-bond acceptors (Lipinski definition) is 5. The van der Waals surface area contributed by atoms with Crippen LogP contribution in [0.2, 0.25) is 5.02 Å². The van der Waals surface area contributed by atoms with Crippen LogP contribution in [0.5, 0.6) is 0 Å². The Morgan fingerprint density at radius 2 is 2.19 bits per heavy atom. The molecule has 0 aliphatic rings. The van der Waals surface area contributed by atoms with E-state index in [0.717, 1.165) is 16.9 Å². The topological polar surface area (TPSA) is 84.6 Å². The Morgan fingerprint density at radius 1 is 1.43 bits per heavy atom. The molecule has 0 unspecified atom stereocenters. The predicted octanol–water partition coefficient (Wildman–Crippen LogP) is 3.38. The first-order valence-electron chi connectivity index (χ1n) is 5.81. The highest BCUT2D eigenvalue weighted by molar-refractivity contribution is 7.16. The number of thiophene rings is 1. The molecule has 1 heterocycles. The first kappa shape index (κ1) is 15.1. The van der Waals surface area contributed by atoms with Crippen LogP contribution in [0.3, 0.4) is 0 Å². The van der Waals surface area contributed by atoms with Gasteiger partial charge in [-0.1, -0.05) is 29.0 Å². The van der Waals surface area contributed by atoms with Crippen LogP contribution in [0.15, 0.2) is 35.4 Å². The first-order valence-corrected chi connectivity index (χ1v) is 7.00. The number of hydrazone groups is 1. The second-order valence-electron chi connectivity index (χ2n) is 4.12. The lowest BCUT2D eigenvalue weighted by Crippen LogP contribution is -2.17. The van der Waals surface area contributed by atoms with Gasteiger partial charge in [0.05, 0.1) is 26.6 Å². The Kier molecular flexibility index (Phi) is 4.66. The van der Waals surface area contributed by atoms with Gasteiger partial charge in [-0.15, -0.1) is 0 Å². The number of nitro groups is 1. The van der Waals surface area contributed by atoms with Crippen molar-refractivity contribution >= 4 is 40.1 Å². The second kappa shape index (κ2) is 6.47. The van der Waals surface area contributed by atoms with E-state index >= 15 is 0 Å². The maximum absolute atomic E-state index is 11.9. The highest BCUT2D eigenvalue weighted by Gasteiger charge is 2.10. The molecule has 1 aromatic carbocycles. The molecule has 0 aliphatic carbocycles. The van der Waals surface area contributed by atoms with E-state index in [1.165, 1.54) is 12.3 Å². The van der Waals surface area contributed by atoms with Crippen molar-refractivity contribution < 1.29 is 9.72 Å². The van der Waals surface area contributed by atoms with Crippen LogP contribution in [-0.4, -0.2) is 17.0 Å². The summed E-state index contributed by atoms with van der Waals surface area (Å²) in [5, 5.41) is 14.7. The van der Waals surface area contributed by atoms with Gasteiger partial charge in [0, 0.05) is 6.07 Å². The van der Waals surface area contributed by atoms with Crippen molar-refractivity contribution in [2.24, 2.45) is 5.10 Å². The van der Waals surface area contributed by atoms with Crippen LogP contribution in [0.25, 0.3) is 0 Å². The molecule has 0 saturated carbocycles. The van der Waals surface area contributed by atoms with E-state index in [2.05, 4.69) is 10.5 Å². The monoisotopic (exact) mass is 323 g/mol. The van der Waals surface area contributed by atoms with Gasteiger partial charge in [0.25, 0.3) is 5.91 Å². The fourth-order valence-corrected chi connectivity index (χ4v) is 2.54. The molecule has 0 spiro atoms. The summed E-state index contributed by atoms with van der Waals surface area (Å²) in [4.78, 5) is 22.5. The van der Waals surface area contributed by atoms with Crippen molar-refractivity contribution in [1.29, 1.82) is 0 Å². The van der Waals surface area contributed by atoms with Crippen LogP contribution >= 0.6 is 22.9 Å². The first-order chi connectivity index (χ1) is 9.97. The summed E-state index contributed by atoms with van der Waals surface area (Å²) in [5.41, 5.74) is 3.60. The molecule has 0 bridgehead atoms. The number of aryl methyl sites for hydroxylation is 1. The Hall–Kier alpha value is -2.25. The summed E-state index contributed by atoms with van der Waals surface area (Å²) in [7, 11) is 0. The van der Waals surface area contributed by atoms with Crippen LogP contribution in [-0.2, 0) is 0 Å². The van der Waals surface area contributed by atoms with Gasteiger partial charge in [-0.2, -0.15) is 5.10 Å². The van der Waals surface area contributed by atoms with E-state index < -0.39 is 10.8 Å². The SMILES string of the molecule is Cc1ccc(C(=O)N/N=C/c2ccc([N+](=O)[O-])s2)c(Cl)c1. The highest BCUT2D eigenvalue weighted by atomic mass is 35.5. The van der Waals surface area contributed by atoms with E-state index in [-0.39, 0.29) is 5.00 Å². The van der Waals surface area contributed by atoms with Gasteiger partial charge in [0.1, 0.15) is 0 Å². The summed E-state index contributed by atoms with van der Waals surface area (Å²) in [6.45, 7) is 1.87. The number of carbonyl (C=O) groups excluding carboxylic acids is 1. The minimum absolute atomic E-state index is 0.0179. The fraction of sp³-hybridized carbons (Fsp3) is 0.0769. The number of rotatable bonds is 4. The maximum Gasteiger partial charge on any atom is 0.324 e. The van der Waals surface area contributed by atoms with Crippen LogP contribution in [0.4, 0.5) is 5.00 Å². The summed E-state index contributed by atoms with van der Waals surface area (Å²) in [5.74, 6) is -0.442. The lowest BCUT2D eigenvalue weighted by molar-refractivity contribution is -0.380. The third kappa shape index (κ3) is 3.87. The van der Waals surface area contributed by atoms with Crippen molar-refractivity contribution in [2.75, 3.05) is 0 Å². The normalized spacial score (nSPS) is 10.8. The molecule has 8 heteroatoms. The zero-order valence-electron chi connectivity index (χ0n) is 10.9. The van der Waals surface area contributed by atoms with Crippen molar-refractivity contribution in [3.05, 3.63) is 61.5 Å². The van der Waals surface area contributed by atoms with Crippen molar-refractivity contribution in [1.82, 2.24) is 5.43 Å². The Balaban J connectivity index is 2.03. The molecule has 2 rings (SSSR count). The van der Waals surface area contributed by atoms with E-state index in [0.29, 0.717) is 15.5 Å². The van der Waals surface area contributed by atoms with Crippen LogP contribution < -0.4 is 5.43 Å². The average Bonchev–Trinajstić information content (AvgIpc) is 2.87. The quantitative estimate of drug-likeness (QED) is 0.531. The van der Waals surface area contributed by atoms with Gasteiger partial charge < -0.3 is 0 Å². The number of nitrogens with zero attached hydrogens (tertiary/aromatic N) is 2. The zero-order chi connectivity index (χ0) is 15.4. The molecule has 0 saturated heterocycles. The minimum atomic E-state index is -0.480. The molecule has 2 aromatic rings. The summed E-state index contributed by atoms with van der Waals surface area (Å²) in [6, 6.07) is 8.00. The van der Waals surface area contributed by atoms with Gasteiger partial charge in [-0.3, -0.25) is 14.9 Å². The molecule has 0 aliphatic heterocycles. The van der Waals surface area contributed by atoms with E-state index in [1.54, 1.807) is 24.3 Å². The average molecular weight is 324 g/mol. The molecule has 0 radical (unpaired) electrons. The lowest BCUT2D eigenvalue weighted by Gasteiger charge is -2.03. The van der Waals surface area contributed by atoms with Gasteiger partial charge in [-0.05, 0) is 30.7 Å². The fourth-order valence-electron chi connectivity index (χ4n) is 1.53. The molecule has 108 valence electrons. The van der Waals surface area contributed by atoms with E-state index in [9.17, 15) is 14.9 Å². The lowest BCUT2D eigenvalue weighted by atomic mass is 10.1. The Labute approximate surface area is 129 Å². The number of hydrogen-bond donors (Lipinski definition) is 1. The molecular weight excluding hydrogens is 314 g/mol. The van der Waals surface area contributed by atoms with Crippen LogP contribution in [0.1, 0.15) is 20.8 Å². The Morgan fingerprint density at radius 3 is 2.81 bits per heavy atom. The number of amides is 1. The molecule has 0 atom stereocenters. The predicted molar refractivity (Wildman–Crippen MR) is 82.2 cm³/mol. The molecule has 1 N–H and O–H groups in total. The number of nitrogens with one attached hydrogen (secondary N) is 1. The third-order valence-corrected chi connectivity index (χ3v) is 3.80. The standard InChI is InChI=1S/C13H10ClN3O3S/c1-8-2-4-10(11(14)6-8)13(18)16-15-7-9-3-5-12(21-9)17(19)20/h2-7H,1H3,(H,16,18)/b15-7+. The summed E-state index contributed by atoms with van der Waals surface area (Å²) in [6.07, 6.45) is 1.34. The van der Waals surface area contributed by atoms with Gasteiger partial charge >= 0.3 is 5.00 Å². The highest BCUT2D eigenvalue weighted by Crippen LogP contribution is 2.22. The van der Waals surface area contributed by atoms with Crippen molar-refractivity contribution in [2.45, 2.75) is 6.92 Å². The smallest absolute Gasteiger partial charge is 0.267 e. The third-order valence-electron chi connectivity index (χ3n) is 2.52. The molecule has 6 nitrogen and oxygen atoms in total. The second-order valence-corrected chi connectivity index (χ2v) is 5.62. The van der Waals surface area contributed by atoms with Gasteiger partial charge in [-0.25, -0.2) is 5.43 Å². The van der Waals surface area contributed by atoms with Gasteiger partial charge in [0.2, 0.25) is 0 Å². The molecule has 0 fully saturated rings. The van der Waals surface area contributed by atoms with Gasteiger partial charge in [0.15, 0.2) is 0 Å². The van der Waals surface area contributed by atoms with Crippen molar-refractivity contribution in [3.63, 3.8) is 0 Å². The molecule has 1 amide bonds. The Bertz CT molecular complexity index is 727. The van der Waals surface area contributed by atoms with Crippen molar-refractivity contribution in [3.8, 4) is 0 Å². The number of benzene rings is 1. The van der Waals surface area contributed by atoms with E-state index in [4.69, 9.17) is 11.6 Å². The zero-order valence-corrected chi connectivity index (χ0v) is 12.4. The molecular formula is C13H10ClN3O3S. The minimum Gasteiger partial charge on any atom is -0.267 e. The molecule has 1 aromatic heterocycles. The molecule has 21 heavy (non-hydrogen) atoms. The number of halogens is 1.